The third kappa shape index (κ3) is 3.12. The van der Waals surface area contributed by atoms with Gasteiger partial charge in [-0.05, 0) is 20.0 Å². The van der Waals surface area contributed by atoms with Crippen molar-refractivity contribution in [2.75, 3.05) is 27.4 Å². The van der Waals surface area contributed by atoms with Gasteiger partial charge >= 0.3 is 0 Å². The van der Waals surface area contributed by atoms with Crippen LogP contribution in [0.15, 0.2) is 18.2 Å². The average Bonchev–Trinajstić information content (AvgIpc) is 2.34. The van der Waals surface area contributed by atoms with Crippen molar-refractivity contribution in [1.29, 1.82) is 0 Å². The Morgan fingerprint density at radius 3 is 2.75 bits per heavy atom. The van der Waals surface area contributed by atoms with E-state index in [1.165, 1.54) is 0 Å². The third-order valence-electron chi connectivity index (χ3n) is 2.47. The number of ether oxygens (including phenoxy) is 2. The maximum Gasteiger partial charge on any atom is 0.127 e. The molecule has 0 amide bonds. The van der Waals surface area contributed by atoms with Crippen molar-refractivity contribution in [3.8, 4) is 11.5 Å². The van der Waals surface area contributed by atoms with E-state index >= 15 is 0 Å². The Hall–Kier alpha value is -1.26. The minimum absolute atomic E-state index is 0.00455. The van der Waals surface area contributed by atoms with Crippen LogP contribution in [0.4, 0.5) is 0 Å². The standard InChI is InChI=1S/C12H19NO3/c1-9(13-2)11-5-4-10(15-3)8-12(11)16-7-6-14/h4-5,8-9,13-14H,6-7H2,1-3H3. The highest BCUT2D eigenvalue weighted by molar-refractivity contribution is 5.42. The molecule has 0 fully saturated rings. The second-order valence-corrected chi connectivity index (χ2v) is 3.49. The molecular weight excluding hydrogens is 206 g/mol. The molecule has 0 radical (unpaired) electrons. The van der Waals surface area contributed by atoms with Crippen LogP contribution in [0.25, 0.3) is 0 Å². The highest BCUT2D eigenvalue weighted by Gasteiger charge is 2.11. The summed E-state index contributed by atoms with van der Waals surface area (Å²) in [6, 6.07) is 5.89. The summed E-state index contributed by atoms with van der Waals surface area (Å²) in [4.78, 5) is 0. The van der Waals surface area contributed by atoms with Crippen LogP contribution in [0.5, 0.6) is 11.5 Å². The van der Waals surface area contributed by atoms with Gasteiger partial charge in [-0.2, -0.15) is 0 Å². The van der Waals surface area contributed by atoms with Gasteiger partial charge in [-0.3, -0.25) is 0 Å². The van der Waals surface area contributed by atoms with Gasteiger partial charge in [0.2, 0.25) is 0 Å². The summed E-state index contributed by atoms with van der Waals surface area (Å²) in [7, 11) is 3.51. The molecule has 0 heterocycles. The van der Waals surface area contributed by atoms with Gasteiger partial charge in [-0.15, -0.1) is 0 Å². The van der Waals surface area contributed by atoms with E-state index in [0.29, 0.717) is 0 Å². The highest BCUT2D eigenvalue weighted by atomic mass is 16.5. The van der Waals surface area contributed by atoms with Gasteiger partial charge in [0.25, 0.3) is 0 Å². The summed E-state index contributed by atoms with van der Waals surface area (Å²) >= 11 is 0. The number of hydrogen-bond donors (Lipinski definition) is 2. The molecule has 0 saturated heterocycles. The van der Waals surface area contributed by atoms with E-state index in [0.717, 1.165) is 17.1 Å². The number of hydrogen-bond acceptors (Lipinski definition) is 4. The van der Waals surface area contributed by atoms with Gasteiger partial charge in [0, 0.05) is 17.7 Å². The van der Waals surface area contributed by atoms with Crippen LogP contribution < -0.4 is 14.8 Å². The van der Waals surface area contributed by atoms with Crippen molar-refractivity contribution in [3.05, 3.63) is 23.8 Å². The molecule has 1 aromatic carbocycles. The first-order valence-electron chi connectivity index (χ1n) is 5.31. The van der Waals surface area contributed by atoms with Gasteiger partial charge in [0.05, 0.1) is 13.7 Å². The Bertz CT molecular complexity index is 328. The molecule has 0 aliphatic carbocycles. The molecule has 2 N–H and O–H groups in total. The summed E-state index contributed by atoms with van der Waals surface area (Å²) < 4.78 is 10.6. The van der Waals surface area contributed by atoms with E-state index in [-0.39, 0.29) is 19.3 Å². The van der Waals surface area contributed by atoms with Gasteiger partial charge in [0.1, 0.15) is 18.1 Å². The Balaban J connectivity index is 2.96. The smallest absolute Gasteiger partial charge is 0.127 e. The second-order valence-electron chi connectivity index (χ2n) is 3.49. The molecule has 4 heteroatoms. The Morgan fingerprint density at radius 1 is 1.44 bits per heavy atom. The molecule has 90 valence electrons. The van der Waals surface area contributed by atoms with Gasteiger partial charge in [-0.1, -0.05) is 6.07 Å². The Morgan fingerprint density at radius 2 is 2.19 bits per heavy atom. The molecule has 4 nitrogen and oxygen atoms in total. The fourth-order valence-corrected chi connectivity index (χ4v) is 1.44. The monoisotopic (exact) mass is 225 g/mol. The molecule has 0 aliphatic rings. The van der Waals surface area contributed by atoms with Crippen LogP contribution in [0.2, 0.25) is 0 Å². The van der Waals surface area contributed by atoms with E-state index in [1.54, 1.807) is 7.11 Å². The van der Waals surface area contributed by atoms with Crippen LogP contribution in [0, 0.1) is 0 Å². The van der Waals surface area contributed by atoms with Crippen LogP contribution >= 0.6 is 0 Å². The fraction of sp³-hybridized carbons (Fsp3) is 0.500. The Labute approximate surface area is 96.2 Å². The maximum absolute atomic E-state index is 8.77. The molecule has 1 unspecified atom stereocenters. The number of rotatable bonds is 6. The lowest BCUT2D eigenvalue weighted by Crippen LogP contribution is -2.14. The maximum atomic E-state index is 8.77. The van der Waals surface area contributed by atoms with Crippen molar-refractivity contribution >= 4 is 0 Å². The fourth-order valence-electron chi connectivity index (χ4n) is 1.44. The molecule has 0 saturated carbocycles. The first-order valence-corrected chi connectivity index (χ1v) is 5.31. The summed E-state index contributed by atoms with van der Waals surface area (Å²) in [6.45, 7) is 2.34. The largest absolute Gasteiger partial charge is 0.497 e. The van der Waals surface area contributed by atoms with Crippen molar-refractivity contribution in [2.45, 2.75) is 13.0 Å². The molecule has 1 aromatic rings. The zero-order chi connectivity index (χ0) is 12.0. The van der Waals surface area contributed by atoms with Gasteiger partial charge < -0.3 is 19.9 Å². The first-order chi connectivity index (χ1) is 7.72. The zero-order valence-corrected chi connectivity index (χ0v) is 9.99. The van der Waals surface area contributed by atoms with Gasteiger partial charge in [0.15, 0.2) is 0 Å². The molecule has 0 aromatic heterocycles. The van der Waals surface area contributed by atoms with E-state index in [9.17, 15) is 0 Å². The average molecular weight is 225 g/mol. The number of aliphatic hydroxyl groups excluding tert-OH is 1. The van der Waals surface area contributed by atoms with Crippen LogP contribution in [-0.4, -0.2) is 32.5 Å². The molecule has 1 rings (SSSR count). The van der Waals surface area contributed by atoms with E-state index in [1.807, 2.05) is 32.2 Å². The quantitative estimate of drug-likeness (QED) is 0.767. The first kappa shape index (κ1) is 12.8. The van der Waals surface area contributed by atoms with E-state index < -0.39 is 0 Å². The summed E-state index contributed by atoms with van der Waals surface area (Å²) in [5.41, 5.74) is 1.05. The van der Waals surface area contributed by atoms with Crippen molar-refractivity contribution in [2.24, 2.45) is 0 Å². The van der Waals surface area contributed by atoms with Crippen LogP contribution in [0.1, 0.15) is 18.5 Å². The predicted octanol–water partition coefficient (Wildman–Crippen LogP) is 1.35. The topological polar surface area (TPSA) is 50.7 Å². The SMILES string of the molecule is CNC(C)c1ccc(OC)cc1OCCO. The molecular formula is C12H19NO3. The predicted molar refractivity (Wildman–Crippen MR) is 63.0 cm³/mol. The Kier molecular flexibility index (Phi) is 5.08. The summed E-state index contributed by atoms with van der Waals surface area (Å²) in [5, 5.41) is 11.9. The minimum atomic E-state index is 0.00455. The van der Waals surface area contributed by atoms with Crippen molar-refractivity contribution in [1.82, 2.24) is 5.32 Å². The van der Waals surface area contributed by atoms with Crippen molar-refractivity contribution in [3.63, 3.8) is 0 Å². The van der Waals surface area contributed by atoms with Crippen LogP contribution in [0.3, 0.4) is 0 Å². The minimum Gasteiger partial charge on any atom is -0.497 e. The van der Waals surface area contributed by atoms with Gasteiger partial charge in [-0.25, -0.2) is 0 Å². The summed E-state index contributed by atoms with van der Waals surface area (Å²) in [5.74, 6) is 1.50. The number of aliphatic hydroxyl groups is 1. The lowest BCUT2D eigenvalue weighted by atomic mass is 10.1. The van der Waals surface area contributed by atoms with Crippen LogP contribution in [-0.2, 0) is 0 Å². The molecule has 16 heavy (non-hydrogen) atoms. The number of nitrogens with one attached hydrogen (secondary N) is 1. The lowest BCUT2D eigenvalue weighted by Gasteiger charge is -2.17. The zero-order valence-electron chi connectivity index (χ0n) is 9.99. The molecule has 0 aliphatic heterocycles. The van der Waals surface area contributed by atoms with E-state index in [4.69, 9.17) is 14.6 Å². The number of benzene rings is 1. The van der Waals surface area contributed by atoms with E-state index in [2.05, 4.69) is 5.32 Å². The highest BCUT2D eigenvalue weighted by Crippen LogP contribution is 2.29. The lowest BCUT2D eigenvalue weighted by molar-refractivity contribution is 0.199. The second kappa shape index (κ2) is 6.35. The number of methoxy groups -OCH3 is 1. The molecule has 0 spiro atoms. The normalized spacial score (nSPS) is 12.2. The van der Waals surface area contributed by atoms with Crippen molar-refractivity contribution < 1.29 is 14.6 Å². The third-order valence-corrected chi connectivity index (χ3v) is 2.47. The summed E-state index contributed by atoms with van der Waals surface area (Å²) in [6.07, 6.45) is 0. The molecule has 1 atom stereocenters. The molecule has 0 bridgehead atoms.